The van der Waals surface area contributed by atoms with Crippen molar-refractivity contribution in [1.29, 1.82) is 0 Å². The number of halogens is 1. The zero-order valence-corrected chi connectivity index (χ0v) is 17.5. The number of thioether (sulfide) groups is 1. The van der Waals surface area contributed by atoms with Crippen LogP contribution >= 0.6 is 23.4 Å². The number of aromatic hydroxyl groups is 1. The summed E-state index contributed by atoms with van der Waals surface area (Å²) in [6, 6.07) is 17.3. The molecule has 3 aromatic rings. The Kier molecular flexibility index (Phi) is 6.61. The van der Waals surface area contributed by atoms with Crippen LogP contribution in [0.1, 0.15) is 18.5 Å². The van der Waals surface area contributed by atoms with Gasteiger partial charge in [-0.15, -0.1) is 0 Å². The van der Waals surface area contributed by atoms with Crippen LogP contribution in [-0.4, -0.2) is 38.3 Å². The van der Waals surface area contributed by atoms with Crippen LogP contribution < -0.4 is 5.56 Å². The van der Waals surface area contributed by atoms with E-state index in [1.165, 1.54) is 4.57 Å². The van der Waals surface area contributed by atoms with Crippen molar-refractivity contribution in [2.75, 3.05) is 12.8 Å². The second-order valence-electron chi connectivity index (χ2n) is 6.43. The van der Waals surface area contributed by atoms with E-state index < -0.39 is 5.56 Å². The molecule has 8 heteroatoms. The molecule has 6 nitrogen and oxygen atoms in total. The van der Waals surface area contributed by atoms with Crippen molar-refractivity contribution in [3.63, 3.8) is 0 Å². The molecule has 1 heterocycles. The number of rotatable bonds is 6. The number of nitrogens with zero attached hydrogens (tertiary/aromatic N) is 3. The Labute approximate surface area is 177 Å². The SMILES string of the molecule is CC(c1ccccc1)N(C)C(=O)CSc1nc(O)cc(=O)n1-c1ccc(Cl)cc1. The molecule has 0 aliphatic carbocycles. The van der Waals surface area contributed by atoms with Crippen molar-refractivity contribution in [3.8, 4) is 11.6 Å². The minimum absolute atomic E-state index is 0.0666. The van der Waals surface area contributed by atoms with Gasteiger partial charge in [-0.2, -0.15) is 4.98 Å². The lowest BCUT2D eigenvalue weighted by Crippen LogP contribution is -2.31. The number of benzene rings is 2. The maximum Gasteiger partial charge on any atom is 0.262 e. The summed E-state index contributed by atoms with van der Waals surface area (Å²) in [4.78, 5) is 30.8. The summed E-state index contributed by atoms with van der Waals surface area (Å²) in [6.45, 7) is 1.95. The molecule has 1 atom stereocenters. The molecular formula is C21H20ClN3O3S. The maximum atomic E-state index is 12.7. The zero-order valence-electron chi connectivity index (χ0n) is 15.9. The van der Waals surface area contributed by atoms with Gasteiger partial charge in [0.25, 0.3) is 5.56 Å². The van der Waals surface area contributed by atoms with Gasteiger partial charge >= 0.3 is 0 Å². The van der Waals surface area contributed by atoms with Gasteiger partial charge in [-0.05, 0) is 36.8 Å². The summed E-state index contributed by atoms with van der Waals surface area (Å²) >= 11 is 7.01. The quantitative estimate of drug-likeness (QED) is 0.475. The van der Waals surface area contributed by atoms with Crippen LogP contribution in [0.25, 0.3) is 5.69 Å². The molecule has 0 radical (unpaired) electrons. The van der Waals surface area contributed by atoms with E-state index in [1.54, 1.807) is 36.2 Å². The fraction of sp³-hybridized carbons (Fsp3) is 0.190. The Balaban J connectivity index is 1.80. The van der Waals surface area contributed by atoms with E-state index in [0.717, 1.165) is 23.4 Å². The first-order valence-corrected chi connectivity index (χ1v) is 10.3. The third-order valence-corrected chi connectivity index (χ3v) is 5.72. The average molecular weight is 430 g/mol. The minimum atomic E-state index is -0.444. The van der Waals surface area contributed by atoms with Crippen molar-refractivity contribution in [2.24, 2.45) is 0 Å². The predicted octanol–water partition coefficient (Wildman–Crippen LogP) is 3.90. The topological polar surface area (TPSA) is 75.4 Å². The zero-order chi connectivity index (χ0) is 21.0. The number of hydrogen-bond donors (Lipinski definition) is 1. The highest BCUT2D eigenvalue weighted by Gasteiger charge is 2.19. The molecule has 1 aromatic heterocycles. The van der Waals surface area contributed by atoms with E-state index in [9.17, 15) is 14.7 Å². The van der Waals surface area contributed by atoms with E-state index >= 15 is 0 Å². The summed E-state index contributed by atoms with van der Waals surface area (Å²) in [7, 11) is 1.74. The lowest BCUT2D eigenvalue weighted by atomic mass is 10.1. The van der Waals surface area contributed by atoms with Crippen LogP contribution in [-0.2, 0) is 4.79 Å². The summed E-state index contributed by atoms with van der Waals surface area (Å²) in [5.41, 5.74) is 1.13. The van der Waals surface area contributed by atoms with Gasteiger partial charge in [-0.25, -0.2) is 0 Å². The van der Waals surface area contributed by atoms with Gasteiger partial charge in [0, 0.05) is 12.1 Å². The van der Waals surface area contributed by atoms with Crippen LogP contribution in [0.4, 0.5) is 0 Å². The predicted molar refractivity (Wildman–Crippen MR) is 115 cm³/mol. The molecule has 0 saturated carbocycles. The van der Waals surface area contributed by atoms with E-state index in [4.69, 9.17) is 11.6 Å². The molecule has 3 rings (SSSR count). The first kappa shape index (κ1) is 21.0. The lowest BCUT2D eigenvalue weighted by molar-refractivity contribution is -0.128. The Morgan fingerprint density at radius 1 is 1.21 bits per heavy atom. The molecule has 0 fully saturated rings. The van der Waals surface area contributed by atoms with Gasteiger partial charge in [0.15, 0.2) is 5.16 Å². The van der Waals surface area contributed by atoms with Crippen molar-refractivity contribution < 1.29 is 9.90 Å². The van der Waals surface area contributed by atoms with Gasteiger partial charge in [0.05, 0.1) is 23.5 Å². The van der Waals surface area contributed by atoms with Crippen molar-refractivity contribution in [2.45, 2.75) is 18.1 Å². The fourth-order valence-electron chi connectivity index (χ4n) is 2.77. The van der Waals surface area contributed by atoms with E-state index in [-0.39, 0.29) is 28.7 Å². The van der Waals surface area contributed by atoms with Gasteiger partial charge in [0.1, 0.15) is 0 Å². The smallest absolute Gasteiger partial charge is 0.262 e. The molecule has 0 saturated heterocycles. The molecule has 0 spiro atoms. The monoisotopic (exact) mass is 429 g/mol. The van der Waals surface area contributed by atoms with E-state index in [0.29, 0.717) is 10.7 Å². The molecule has 1 N–H and O–H groups in total. The van der Waals surface area contributed by atoms with Crippen molar-refractivity contribution in [1.82, 2.24) is 14.5 Å². The number of carbonyl (C=O) groups excluding carboxylic acids is 1. The lowest BCUT2D eigenvalue weighted by Gasteiger charge is -2.25. The molecule has 1 unspecified atom stereocenters. The minimum Gasteiger partial charge on any atom is -0.493 e. The first-order chi connectivity index (χ1) is 13.9. The van der Waals surface area contributed by atoms with E-state index in [2.05, 4.69) is 4.98 Å². The fourth-order valence-corrected chi connectivity index (χ4v) is 3.84. The average Bonchev–Trinajstić information content (AvgIpc) is 2.72. The highest BCUT2D eigenvalue weighted by Crippen LogP contribution is 2.24. The Morgan fingerprint density at radius 3 is 2.52 bits per heavy atom. The number of hydrogen-bond acceptors (Lipinski definition) is 5. The van der Waals surface area contributed by atoms with Gasteiger partial charge in [-0.1, -0.05) is 53.7 Å². The van der Waals surface area contributed by atoms with Crippen LogP contribution in [0.2, 0.25) is 5.02 Å². The van der Waals surface area contributed by atoms with E-state index in [1.807, 2.05) is 37.3 Å². The summed E-state index contributed by atoms with van der Waals surface area (Å²) in [6.07, 6.45) is 0. The van der Waals surface area contributed by atoms with Gasteiger partial charge in [0.2, 0.25) is 11.8 Å². The highest BCUT2D eigenvalue weighted by molar-refractivity contribution is 7.99. The Bertz CT molecular complexity index is 1060. The standard InChI is InChI=1S/C21H20ClN3O3S/c1-14(15-6-4-3-5-7-15)24(2)20(28)13-29-21-23-18(26)12-19(27)25(21)17-10-8-16(22)9-11-17/h3-12,14,26H,13H2,1-2H3. The second kappa shape index (κ2) is 9.15. The normalized spacial score (nSPS) is 11.8. The molecule has 0 aliphatic rings. The van der Waals surface area contributed by atoms with Crippen molar-refractivity contribution in [3.05, 3.63) is 81.6 Å². The van der Waals surface area contributed by atoms with Crippen LogP contribution in [0.3, 0.4) is 0 Å². The molecule has 2 aromatic carbocycles. The summed E-state index contributed by atoms with van der Waals surface area (Å²) in [5, 5.41) is 10.5. The van der Waals surface area contributed by atoms with Gasteiger partial charge < -0.3 is 10.0 Å². The van der Waals surface area contributed by atoms with Crippen LogP contribution in [0, 0.1) is 0 Å². The summed E-state index contributed by atoms with van der Waals surface area (Å²) in [5.74, 6) is -0.440. The maximum absolute atomic E-state index is 12.7. The molecule has 0 bridgehead atoms. The largest absolute Gasteiger partial charge is 0.493 e. The molecular weight excluding hydrogens is 410 g/mol. The van der Waals surface area contributed by atoms with Crippen LogP contribution in [0.5, 0.6) is 5.88 Å². The number of aromatic nitrogens is 2. The van der Waals surface area contributed by atoms with Gasteiger partial charge in [-0.3, -0.25) is 14.2 Å². The second-order valence-corrected chi connectivity index (χ2v) is 7.81. The molecule has 1 amide bonds. The molecule has 150 valence electrons. The number of carbonyl (C=O) groups is 1. The third-order valence-electron chi connectivity index (χ3n) is 4.54. The third kappa shape index (κ3) is 4.99. The molecule has 0 aliphatic heterocycles. The first-order valence-electron chi connectivity index (χ1n) is 8.89. The van der Waals surface area contributed by atoms with Crippen molar-refractivity contribution >= 4 is 29.3 Å². The van der Waals surface area contributed by atoms with Crippen LogP contribution in [0.15, 0.2) is 70.6 Å². The molecule has 29 heavy (non-hydrogen) atoms. The number of amides is 1. The highest BCUT2D eigenvalue weighted by atomic mass is 35.5. The Morgan fingerprint density at radius 2 is 1.86 bits per heavy atom. The Hall–Kier alpha value is -2.77. The summed E-state index contributed by atoms with van der Waals surface area (Å²) < 4.78 is 1.34.